The smallest absolute Gasteiger partial charge is 0.348 e. The Morgan fingerprint density at radius 3 is 3.10 bits per heavy atom. The van der Waals surface area contributed by atoms with E-state index in [1.807, 2.05) is 6.07 Å². The van der Waals surface area contributed by atoms with Gasteiger partial charge in [0.1, 0.15) is 12.1 Å². The quantitative estimate of drug-likeness (QED) is 0.762. The fraction of sp³-hybridized carbons (Fsp3) is 0.615. The average Bonchev–Trinajstić information content (AvgIpc) is 3.04. The van der Waals surface area contributed by atoms with Crippen molar-refractivity contribution in [3.63, 3.8) is 0 Å². The number of nitrogens with two attached hydrogens (primary N) is 1. The number of rotatable bonds is 1. The van der Waals surface area contributed by atoms with Crippen molar-refractivity contribution in [2.75, 3.05) is 18.0 Å². The average molecular weight is 274 g/mol. The highest BCUT2D eigenvalue weighted by molar-refractivity contribution is 5.51. The van der Waals surface area contributed by atoms with E-state index in [4.69, 9.17) is 5.73 Å². The first-order valence-electron chi connectivity index (χ1n) is 7.15. The third-order valence-corrected chi connectivity index (χ3v) is 4.77. The molecule has 3 heterocycles. The van der Waals surface area contributed by atoms with Gasteiger partial charge in [-0.05, 0) is 24.7 Å². The molecule has 1 aliphatic carbocycles. The van der Waals surface area contributed by atoms with E-state index < -0.39 is 0 Å². The Balaban J connectivity index is 1.65. The molecule has 0 bridgehead atoms. The summed E-state index contributed by atoms with van der Waals surface area (Å²) in [6.45, 7) is 1.97. The number of nitrogens with one attached hydrogen (secondary N) is 1. The largest absolute Gasteiger partial charge is 0.356 e. The van der Waals surface area contributed by atoms with Crippen molar-refractivity contribution in [3.05, 3.63) is 22.9 Å². The van der Waals surface area contributed by atoms with Crippen LogP contribution in [0.25, 0.3) is 5.65 Å². The van der Waals surface area contributed by atoms with Gasteiger partial charge in [-0.2, -0.15) is 5.10 Å². The van der Waals surface area contributed by atoms with Gasteiger partial charge >= 0.3 is 5.69 Å². The van der Waals surface area contributed by atoms with Crippen molar-refractivity contribution in [2.24, 2.45) is 17.6 Å². The summed E-state index contributed by atoms with van der Waals surface area (Å²) in [6.07, 6.45) is 5.17. The van der Waals surface area contributed by atoms with E-state index in [0.717, 1.165) is 25.3 Å². The molecule has 1 saturated carbocycles. The molecule has 7 nitrogen and oxygen atoms in total. The second-order valence-corrected chi connectivity index (χ2v) is 5.93. The van der Waals surface area contributed by atoms with Crippen LogP contribution in [0.15, 0.2) is 17.2 Å². The highest BCUT2D eigenvalue weighted by Gasteiger charge is 2.39. The lowest BCUT2D eigenvalue weighted by atomic mass is 9.78. The zero-order valence-electron chi connectivity index (χ0n) is 11.2. The Morgan fingerprint density at radius 2 is 2.25 bits per heavy atom. The van der Waals surface area contributed by atoms with Crippen LogP contribution in [0.5, 0.6) is 0 Å². The fourth-order valence-electron chi connectivity index (χ4n) is 3.68. The van der Waals surface area contributed by atoms with Gasteiger partial charge < -0.3 is 10.6 Å². The molecular weight excluding hydrogens is 256 g/mol. The van der Waals surface area contributed by atoms with Gasteiger partial charge in [0.15, 0.2) is 5.65 Å². The lowest BCUT2D eigenvalue weighted by molar-refractivity contribution is 0.260. The third-order valence-electron chi connectivity index (χ3n) is 4.77. The molecule has 3 N–H and O–H groups in total. The second kappa shape index (κ2) is 4.31. The molecule has 4 rings (SSSR count). The van der Waals surface area contributed by atoms with Gasteiger partial charge in [0, 0.05) is 25.2 Å². The van der Waals surface area contributed by atoms with Gasteiger partial charge in [-0.3, -0.25) is 0 Å². The molecule has 1 aliphatic heterocycles. The Labute approximate surface area is 115 Å². The molecular formula is C13H18N6O. The molecule has 20 heavy (non-hydrogen) atoms. The van der Waals surface area contributed by atoms with E-state index in [1.54, 1.807) is 6.33 Å². The van der Waals surface area contributed by atoms with Crippen molar-refractivity contribution >= 4 is 11.5 Å². The van der Waals surface area contributed by atoms with Crippen LogP contribution in [-0.2, 0) is 0 Å². The summed E-state index contributed by atoms with van der Waals surface area (Å²) in [5, 5.41) is 6.42. The van der Waals surface area contributed by atoms with Crippen LogP contribution < -0.4 is 16.3 Å². The van der Waals surface area contributed by atoms with E-state index in [1.165, 1.54) is 17.2 Å². The maximum Gasteiger partial charge on any atom is 0.348 e. The van der Waals surface area contributed by atoms with Crippen LogP contribution in [0.1, 0.15) is 19.3 Å². The van der Waals surface area contributed by atoms with E-state index in [2.05, 4.69) is 20.1 Å². The van der Waals surface area contributed by atoms with Crippen LogP contribution in [0.4, 0.5) is 5.82 Å². The number of anilines is 1. The number of nitrogens with zero attached hydrogens (tertiary/aromatic N) is 4. The van der Waals surface area contributed by atoms with E-state index in [9.17, 15) is 4.79 Å². The van der Waals surface area contributed by atoms with Crippen molar-refractivity contribution in [1.29, 1.82) is 0 Å². The molecule has 2 fully saturated rings. The number of aromatic nitrogens is 4. The van der Waals surface area contributed by atoms with Gasteiger partial charge in [-0.1, -0.05) is 6.42 Å². The minimum atomic E-state index is -0.254. The van der Waals surface area contributed by atoms with E-state index in [0.29, 0.717) is 23.5 Å². The van der Waals surface area contributed by atoms with E-state index >= 15 is 0 Å². The molecule has 0 spiro atoms. The molecule has 2 aromatic heterocycles. The number of hydrogen-bond donors (Lipinski definition) is 2. The zero-order valence-corrected chi connectivity index (χ0v) is 11.2. The number of aromatic amines is 1. The predicted octanol–water partition coefficient (Wildman–Crippen LogP) is -0.0188. The summed E-state index contributed by atoms with van der Waals surface area (Å²) in [7, 11) is 0. The van der Waals surface area contributed by atoms with E-state index in [-0.39, 0.29) is 5.69 Å². The highest BCUT2D eigenvalue weighted by Crippen LogP contribution is 2.37. The van der Waals surface area contributed by atoms with Crippen LogP contribution >= 0.6 is 0 Å². The monoisotopic (exact) mass is 274 g/mol. The van der Waals surface area contributed by atoms with Gasteiger partial charge in [-0.15, -0.1) is 0 Å². The van der Waals surface area contributed by atoms with Gasteiger partial charge in [0.25, 0.3) is 0 Å². The number of fused-ring (bicyclic) bond motifs is 2. The maximum atomic E-state index is 11.4. The standard InChI is InChI=1S/C13H18N6O/c14-10-3-1-2-8-5-18(6-9(8)10)11-4-12-16-17-13(20)19(12)7-15-11/h4,7-10H,1-3,5-6,14H2,(H,17,20). The highest BCUT2D eigenvalue weighted by atomic mass is 16.1. The second-order valence-electron chi connectivity index (χ2n) is 5.93. The Hall–Kier alpha value is -1.89. The van der Waals surface area contributed by atoms with Gasteiger partial charge in [-0.25, -0.2) is 19.3 Å². The summed E-state index contributed by atoms with van der Waals surface area (Å²) < 4.78 is 1.42. The summed E-state index contributed by atoms with van der Waals surface area (Å²) in [5.74, 6) is 2.14. The lowest BCUT2D eigenvalue weighted by Crippen LogP contribution is -2.38. The Bertz CT molecular complexity index is 691. The van der Waals surface area contributed by atoms with Crippen molar-refractivity contribution in [3.8, 4) is 0 Å². The molecule has 2 aromatic rings. The topological polar surface area (TPSA) is 92.3 Å². The summed E-state index contributed by atoms with van der Waals surface area (Å²) in [4.78, 5) is 18.1. The summed E-state index contributed by atoms with van der Waals surface area (Å²) in [5.41, 5.74) is 6.60. The molecule has 0 radical (unpaired) electrons. The van der Waals surface area contributed by atoms with Crippen LogP contribution in [0.2, 0.25) is 0 Å². The minimum absolute atomic E-state index is 0.254. The first-order chi connectivity index (χ1) is 9.72. The molecule has 7 heteroatoms. The first-order valence-corrected chi connectivity index (χ1v) is 7.15. The fourth-order valence-corrected chi connectivity index (χ4v) is 3.68. The van der Waals surface area contributed by atoms with Crippen LogP contribution in [0, 0.1) is 11.8 Å². The van der Waals surface area contributed by atoms with Crippen LogP contribution in [0.3, 0.4) is 0 Å². The number of H-pyrrole nitrogens is 1. The maximum absolute atomic E-state index is 11.4. The molecule has 1 saturated heterocycles. The van der Waals surface area contributed by atoms with Crippen molar-refractivity contribution < 1.29 is 0 Å². The normalized spacial score (nSPS) is 29.9. The van der Waals surface area contributed by atoms with Gasteiger partial charge in [0.2, 0.25) is 0 Å². The number of hydrogen-bond acceptors (Lipinski definition) is 5. The van der Waals surface area contributed by atoms with Crippen molar-refractivity contribution in [1.82, 2.24) is 19.6 Å². The molecule has 2 aliphatic rings. The SMILES string of the molecule is NC1CCCC2CN(c3cc4n[nH]c(=O)n4cn3)CC12. The summed E-state index contributed by atoms with van der Waals surface area (Å²) in [6, 6.07) is 2.18. The Morgan fingerprint density at radius 1 is 1.35 bits per heavy atom. The molecule has 106 valence electrons. The zero-order chi connectivity index (χ0) is 13.7. The molecule has 3 unspecified atom stereocenters. The predicted molar refractivity (Wildman–Crippen MR) is 74.6 cm³/mol. The van der Waals surface area contributed by atoms with Crippen molar-refractivity contribution in [2.45, 2.75) is 25.3 Å². The van der Waals surface area contributed by atoms with Crippen LogP contribution in [-0.4, -0.2) is 38.7 Å². The molecule has 0 aromatic carbocycles. The third kappa shape index (κ3) is 1.73. The molecule has 0 amide bonds. The molecule has 3 atom stereocenters. The minimum Gasteiger partial charge on any atom is -0.356 e. The lowest BCUT2D eigenvalue weighted by Gasteiger charge is -2.29. The van der Waals surface area contributed by atoms with Gasteiger partial charge in [0.05, 0.1) is 0 Å². The Kier molecular flexibility index (Phi) is 2.56. The first kappa shape index (κ1) is 11.9. The summed E-state index contributed by atoms with van der Waals surface area (Å²) >= 11 is 0.